The quantitative estimate of drug-likeness (QED) is 0.294. The topological polar surface area (TPSA) is 80.6 Å². The summed E-state index contributed by atoms with van der Waals surface area (Å²) in [6.45, 7) is 3.69. The largest absolute Gasteiger partial charge is 0.488 e. The van der Waals surface area contributed by atoms with Crippen molar-refractivity contribution in [3.63, 3.8) is 0 Å². The highest BCUT2D eigenvalue weighted by Crippen LogP contribution is 2.38. The van der Waals surface area contributed by atoms with Crippen molar-refractivity contribution in [3.05, 3.63) is 100 Å². The molecule has 0 unspecified atom stereocenters. The standard InChI is InChI=1S/C27H23BrN2O4/c1-17-11-13-23(30(17)24-10-6-9-21(27(32)33)26(24)29-18(2)31)22-15-20(28)12-14-25(22)34-16-19-7-4-3-5-8-19/h3-15H,16H2,1-2H3,(H,29,31)(H,32,33). The normalized spacial score (nSPS) is 10.7. The number of carbonyl (C=O) groups excluding carboxylic acids is 1. The Morgan fingerprint density at radius 1 is 1.00 bits per heavy atom. The summed E-state index contributed by atoms with van der Waals surface area (Å²) >= 11 is 3.56. The van der Waals surface area contributed by atoms with Crippen molar-refractivity contribution in [1.82, 2.24) is 4.57 Å². The van der Waals surface area contributed by atoms with Gasteiger partial charge in [-0.2, -0.15) is 0 Å². The first kappa shape index (κ1) is 23.3. The molecule has 34 heavy (non-hydrogen) atoms. The van der Waals surface area contributed by atoms with Gasteiger partial charge in [0.1, 0.15) is 12.4 Å². The van der Waals surface area contributed by atoms with Gasteiger partial charge < -0.3 is 19.7 Å². The van der Waals surface area contributed by atoms with Gasteiger partial charge in [0.2, 0.25) is 5.91 Å². The maximum Gasteiger partial charge on any atom is 0.337 e. The number of aromatic carboxylic acids is 1. The van der Waals surface area contributed by atoms with Crippen LogP contribution in [0.4, 0.5) is 5.69 Å². The third-order valence-electron chi connectivity index (χ3n) is 5.35. The fraction of sp³-hybridized carbons (Fsp3) is 0.111. The molecule has 0 aliphatic heterocycles. The molecule has 6 nitrogen and oxygen atoms in total. The highest BCUT2D eigenvalue weighted by Gasteiger charge is 2.21. The van der Waals surface area contributed by atoms with Gasteiger partial charge in [0.15, 0.2) is 0 Å². The van der Waals surface area contributed by atoms with Gasteiger partial charge in [-0.25, -0.2) is 4.79 Å². The minimum absolute atomic E-state index is 0.0153. The molecule has 0 saturated carbocycles. The number of hydrogen-bond acceptors (Lipinski definition) is 3. The lowest BCUT2D eigenvalue weighted by Crippen LogP contribution is -2.15. The summed E-state index contributed by atoms with van der Waals surface area (Å²) in [5.74, 6) is -0.788. The van der Waals surface area contributed by atoms with Crippen LogP contribution in [0.2, 0.25) is 0 Å². The average molecular weight is 519 g/mol. The van der Waals surface area contributed by atoms with E-state index >= 15 is 0 Å². The summed E-state index contributed by atoms with van der Waals surface area (Å²) in [7, 11) is 0. The number of carbonyl (C=O) groups is 2. The molecule has 0 fully saturated rings. The number of nitrogens with zero attached hydrogens (tertiary/aromatic N) is 1. The smallest absolute Gasteiger partial charge is 0.337 e. The van der Waals surface area contributed by atoms with Crippen LogP contribution in [0.15, 0.2) is 83.3 Å². The minimum atomic E-state index is -1.12. The van der Waals surface area contributed by atoms with E-state index in [1.807, 2.05) is 72.2 Å². The molecule has 0 aliphatic rings. The number of rotatable bonds is 7. The maximum absolute atomic E-state index is 11.9. The van der Waals surface area contributed by atoms with Crippen molar-refractivity contribution in [2.45, 2.75) is 20.5 Å². The number of para-hydroxylation sites is 1. The molecule has 1 aromatic heterocycles. The van der Waals surface area contributed by atoms with E-state index in [1.54, 1.807) is 12.1 Å². The molecular weight excluding hydrogens is 496 g/mol. The molecular formula is C27H23BrN2O4. The molecule has 0 radical (unpaired) electrons. The van der Waals surface area contributed by atoms with Gasteiger partial charge in [-0.1, -0.05) is 52.3 Å². The molecule has 1 heterocycles. The average Bonchev–Trinajstić information content (AvgIpc) is 3.19. The summed E-state index contributed by atoms with van der Waals surface area (Å²) in [4.78, 5) is 23.8. The lowest BCUT2D eigenvalue weighted by molar-refractivity contribution is -0.114. The first-order valence-corrected chi connectivity index (χ1v) is 11.4. The molecule has 0 aliphatic carbocycles. The van der Waals surface area contributed by atoms with Crippen molar-refractivity contribution in [2.75, 3.05) is 5.32 Å². The van der Waals surface area contributed by atoms with Gasteiger partial charge in [0.25, 0.3) is 0 Å². The Bertz CT molecular complexity index is 1360. The van der Waals surface area contributed by atoms with Crippen LogP contribution in [0, 0.1) is 6.92 Å². The first-order valence-electron chi connectivity index (χ1n) is 10.6. The third kappa shape index (κ3) is 4.89. The van der Waals surface area contributed by atoms with Gasteiger partial charge in [-0.05, 0) is 55.0 Å². The predicted molar refractivity (Wildman–Crippen MR) is 136 cm³/mol. The van der Waals surface area contributed by atoms with Gasteiger partial charge in [-0.15, -0.1) is 0 Å². The Labute approximate surface area is 205 Å². The SMILES string of the molecule is CC(=O)Nc1c(C(=O)O)cccc1-n1c(C)ccc1-c1cc(Br)ccc1OCc1ccccc1. The Hall–Kier alpha value is -3.84. The van der Waals surface area contributed by atoms with Crippen LogP contribution >= 0.6 is 15.9 Å². The number of ether oxygens (including phenoxy) is 1. The summed E-state index contributed by atoms with van der Waals surface area (Å²) < 4.78 is 8.99. The zero-order valence-corrected chi connectivity index (χ0v) is 20.3. The van der Waals surface area contributed by atoms with E-state index in [1.165, 1.54) is 13.0 Å². The van der Waals surface area contributed by atoms with Crippen LogP contribution in [0.5, 0.6) is 5.75 Å². The van der Waals surface area contributed by atoms with Crippen molar-refractivity contribution in [1.29, 1.82) is 0 Å². The summed E-state index contributed by atoms with van der Waals surface area (Å²) in [5, 5.41) is 12.4. The molecule has 0 saturated heterocycles. The molecule has 0 atom stereocenters. The summed E-state index contributed by atoms with van der Waals surface area (Å²) in [6, 6.07) is 24.5. The van der Waals surface area contributed by atoms with Crippen LogP contribution in [0.25, 0.3) is 16.9 Å². The number of benzene rings is 3. The number of amides is 1. The van der Waals surface area contributed by atoms with Crippen LogP contribution in [0.3, 0.4) is 0 Å². The van der Waals surface area contributed by atoms with Gasteiger partial charge in [-0.3, -0.25) is 4.79 Å². The molecule has 4 aromatic rings. The van der Waals surface area contributed by atoms with Crippen LogP contribution in [-0.4, -0.2) is 21.6 Å². The molecule has 4 rings (SSSR count). The van der Waals surface area contributed by atoms with Crippen molar-refractivity contribution in [3.8, 4) is 22.7 Å². The van der Waals surface area contributed by atoms with Crippen LogP contribution < -0.4 is 10.1 Å². The third-order valence-corrected chi connectivity index (χ3v) is 5.84. The number of anilines is 1. The lowest BCUT2D eigenvalue weighted by atomic mass is 10.1. The van der Waals surface area contributed by atoms with Crippen molar-refractivity contribution >= 4 is 33.5 Å². The zero-order chi connectivity index (χ0) is 24.2. The van der Waals surface area contributed by atoms with E-state index in [2.05, 4.69) is 21.2 Å². The highest BCUT2D eigenvalue weighted by atomic mass is 79.9. The molecule has 3 aromatic carbocycles. The molecule has 2 N–H and O–H groups in total. The van der Waals surface area contributed by atoms with Gasteiger partial charge >= 0.3 is 5.97 Å². The van der Waals surface area contributed by atoms with Crippen LogP contribution in [0.1, 0.15) is 28.5 Å². The minimum Gasteiger partial charge on any atom is -0.488 e. The number of halogens is 1. The van der Waals surface area contributed by atoms with Crippen LogP contribution in [-0.2, 0) is 11.4 Å². The van der Waals surface area contributed by atoms with E-state index in [0.717, 1.165) is 27.0 Å². The maximum atomic E-state index is 11.9. The number of hydrogen-bond donors (Lipinski definition) is 2. The van der Waals surface area contributed by atoms with Gasteiger partial charge in [0.05, 0.1) is 22.6 Å². The number of carboxylic acid groups (broad SMARTS) is 1. The number of carboxylic acids is 1. The monoisotopic (exact) mass is 518 g/mol. The Morgan fingerprint density at radius 2 is 1.76 bits per heavy atom. The van der Waals surface area contributed by atoms with Crippen molar-refractivity contribution in [2.24, 2.45) is 0 Å². The lowest BCUT2D eigenvalue weighted by Gasteiger charge is -2.20. The Morgan fingerprint density at radius 3 is 2.47 bits per heavy atom. The highest BCUT2D eigenvalue weighted by molar-refractivity contribution is 9.10. The summed E-state index contributed by atoms with van der Waals surface area (Å²) in [5.41, 5.74) is 4.36. The Balaban J connectivity index is 1.85. The van der Waals surface area contributed by atoms with E-state index in [0.29, 0.717) is 18.0 Å². The number of aromatic nitrogens is 1. The number of nitrogens with one attached hydrogen (secondary N) is 1. The molecule has 172 valence electrons. The van der Waals surface area contributed by atoms with E-state index in [9.17, 15) is 14.7 Å². The Kier molecular flexibility index (Phi) is 6.84. The van der Waals surface area contributed by atoms with E-state index in [-0.39, 0.29) is 17.2 Å². The van der Waals surface area contributed by atoms with E-state index < -0.39 is 5.97 Å². The second kappa shape index (κ2) is 9.97. The first-order chi connectivity index (χ1) is 16.3. The molecule has 0 spiro atoms. The fourth-order valence-electron chi connectivity index (χ4n) is 3.84. The second-order valence-electron chi connectivity index (χ2n) is 7.80. The zero-order valence-electron chi connectivity index (χ0n) is 18.7. The fourth-order valence-corrected chi connectivity index (χ4v) is 4.21. The number of aryl methyl sites for hydroxylation is 1. The summed E-state index contributed by atoms with van der Waals surface area (Å²) in [6.07, 6.45) is 0. The predicted octanol–water partition coefficient (Wildman–Crippen LogP) is 6.45. The van der Waals surface area contributed by atoms with Gasteiger partial charge in [0, 0.05) is 22.7 Å². The van der Waals surface area contributed by atoms with E-state index in [4.69, 9.17) is 4.74 Å². The van der Waals surface area contributed by atoms with Crippen molar-refractivity contribution < 1.29 is 19.4 Å². The molecule has 1 amide bonds. The molecule has 0 bridgehead atoms. The second-order valence-corrected chi connectivity index (χ2v) is 8.71. The molecule has 7 heteroatoms.